The van der Waals surface area contributed by atoms with Crippen molar-refractivity contribution in [3.8, 4) is 11.5 Å². The van der Waals surface area contributed by atoms with Gasteiger partial charge in [-0.25, -0.2) is 0 Å². The van der Waals surface area contributed by atoms with Crippen LogP contribution in [0.5, 0.6) is 11.5 Å². The molecule has 0 spiro atoms. The van der Waals surface area contributed by atoms with E-state index in [4.69, 9.17) is 9.47 Å². The first-order valence-electron chi connectivity index (χ1n) is 8.08. The highest BCUT2D eigenvalue weighted by Crippen LogP contribution is 2.28. The number of rotatable bonds is 6. The lowest BCUT2D eigenvalue weighted by Crippen LogP contribution is -2.48. The highest BCUT2D eigenvalue weighted by atomic mass is 35.5. The fourth-order valence-corrected chi connectivity index (χ4v) is 2.62. The Hall–Kier alpha value is -1.99. The van der Waals surface area contributed by atoms with E-state index in [-0.39, 0.29) is 36.9 Å². The lowest BCUT2D eigenvalue weighted by Gasteiger charge is -2.30. The van der Waals surface area contributed by atoms with Gasteiger partial charge in [-0.2, -0.15) is 0 Å². The van der Waals surface area contributed by atoms with Crippen LogP contribution in [0.15, 0.2) is 18.2 Å². The molecule has 1 saturated heterocycles. The van der Waals surface area contributed by atoms with Gasteiger partial charge >= 0.3 is 0 Å². The number of likely N-dealkylation sites (N-methyl/N-ethyl adjacent to an activating group) is 1. The minimum absolute atomic E-state index is 0. The molecule has 0 aliphatic carbocycles. The molecule has 140 valence electrons. The van der Waals surface area contributed by atoms with Crippen LogP contribution < -0.4 is 25.4 Å². The Morgan fingerprint density at radius 2 is 2.08 bits per heavy atom. The Kier molecular flexibility index (Phi) is 8.51. The summed E-state index contributed by atoms with van der Waals surface area (Å²) >= 11 is 0. The fourth-order valence-electron chi connectivity index (χ4n) is 2.62. The van der Waals surface area contributed by atoms with E-state index >= 15 is 0 Å². The van der Waals surface area contributed by atoms with Crippen molar-refractivity contribution in [3.63, 3.8) is 0 Å². The van der Waals surface area contributed by atoms with Crippen molar-refractivity contribution in [2.45, 2.75) is 19.4 Å². The summed E-state index contributed by atoms with van der Waals surface area (Å²) in [5, 5.41) is 8.86. The second-order valence-electron chi connectivity index (χ2n) is 5.88. The lowest BCUT2D eigenvalue weighted by atomic mass is 9.95. The number of halogens is 1. The summed E-state index contributed by atoms with van der Waals surface area (Å²) in [6.45, 7) is 3.82. The summed E-state index contributed by atoms with van der Waals surface area (Å²) < 4.78 is 10.7. The molecule has 2 amide bonds. The summed E-state index contributed by atoms with van der Waals surface area (Å²) in [5.74, 6) is 0.862. The van der Waals surface area contributed by atoms with Crippen molar-refractivity contribution in [2.24, 2.45) is 5.92 Å². The van der Waals surface area contributed by atoms with Crippen LogP contribution in [0.4, 0.5) is 0 Å². The van der Waals surface area contributed by atoms with Crippen molar-refractivity contribution in [3.05, 3.63) is 23.8 Å². The van der Waals surface area contributed by atoms with Gasteiger partial charge in [-0.1, -0.05) is 6.92 Å². The van der Waals surface area contributed by atoms with Gasteiger partial charge in [0.15, 0.2) is 18.1 Å². The highest BCUT2D eigenvalue weighted by molar-refractivity contribution is 5.95. The summed E-state index contributed by atoms with van der Waals surface area (Å²) in [7, 11) is 3.04. The van der Waals surface area contributed by atoms with E-state index < -0.39 is 0 Å². The Balaban J connectivity index is 0.00000312. The number of methoxy groups -OCH3 is 1. The third kappa shape index (κ3) is 5.79. The van der Waals surface area contributed by atoms with Crippen LogP contribution in [0.2, 0.25) is 0 Å². The molecule has 0 aromatic heterocycles. The number of amides is 2. The molecule has 2 atom stereocenters. The molecule has 2 rings (SSSR count). The molecule has 1 aliphatic rings. The molecule has 7 nitrogen and oxygen atoms in total. The second kappa shape index (κ2) is 10.1. The average molecular weight is 372 g/mol. The van der Waals surface area contributed by atoms with Crippen molar-refractivity contribution in [1.29, 1.82) is 0 Å². The SMILES string of the molecule is CNC(=O)COc1ccc(C(=O)NC2CCNCC2C)cc1OC.Cl. The predicted molar refractivity (Wildman–Crippen MR) is 97.7 cm³/mol. The molecule has 3 N–H and O–H groups in total. The molecule has 2 unspecified atom stereocenters. The third-order valence-corrected chi connectivity index (χ3v) is 4.17. The first kappa shape index (κ1) is 21.1. The molecule has 0 bridgehead atoms. The zero-order chi connectivity index (χ0) is 17.5. The van der Waals surface area contributed by atoms with E-state index in [1.54, 1.807) is 18.2 Å². The van der Waals surface area contributed by atoms with Crippen molar-refractivity contribution in [1.82, 2.24) is 16.0 Å². The minimum atomic E-state index is -0.237. The van der Waals surface area contributed by atoms with E-state index in [0.29, 0.717) is 23.0 Å². The largest absolute Gasteiger partial charge is 0.493 e. The standard InChI is InChI=1S/C17H25N3O4.ClH/c1-11-9-19-7-6-13(11)20-17(22)12-4-5-14(15(8-12)23-3)24-10-16(21)18-2;/h4-5,8,11,13,19H,6-7,9-10H2,1-3H3,(H,18,21)(H,20,22);1H. The number of carbonyl (C=O) groups is 2. The van der Waals surface area contributed by atoms with E-state index in [0.717, 1.165) is 19.5 Å². The van der Waals surface area contributed by atoms with Crippen LogP contribution in [-0.2, 0) is 4.79 Å². The van der Waals surface area contributed by atoms with Crippen molar-refractivity contribution < 1.29 is 19.1 Å². The molecule has 1 fully saturated rings. The van der Waals surface area contributed by atoms with Gasteiger partial charge in [0.05, 0.1) is 7.11 Å². The molecule has 25 heavy (non-hydrogen) atoms. The van der Waals surface area contributed by atoms with Crippen LogP contribution >= 0.6 is 12.4 Å². The Morgan fingerprint density at radius 1 is 1.32 bits per heavy atom. The third-order valence-electron chi connectivity index (χ3n) is 4.17. The molecule has 0 saturated carbocycles. The topological polar surface area (TPSA) is 88.7 Å². The van der Waals surface area contributed by atoms with Gasteiger partial charge in [0, 0.05) is 18.7 Å². The Bertz CT molecular complexity index is 597. The molecule has 8 heteroatoms. The van der Waals surface area contributed by atoms with Gasteiger partial charge in [-0.3, -0.25) is 9.59 Å². The van der Waals surface area contributed by atoms with Crippen molar-refractivity contribution >= 4 is 24.2 Å². The fraction of sp³-hybridized carbons (Fsp3) is 0.529. The smallest absolute Gasteiger partial charge is 0.257 e. The van der Waals surface area contributed by atoms with Crippen LogP contribution in [0.3, 0.4) is 0 Å². The second-order valence-corrected chi connectivity index (χ2v) is 5.88. The zero-order valence-electron chi connectivity index (χ0n) is 14.8. The van der Waals surface area contributed by atoms with Gasteiger partial charge in [0.25, 0.3) is 11.8 Å². The molecular formula is C17H26ClN3O4. The maximum absolute atomic E-state index is 12.5. The molecule has 1 aromatic rings. The van der Waals surface area contributed by atoms with Gasteiger partial charge in [-0.15, -0.1) is 12.4 Å². The molecular weight excluding hydrogens is 346 g/mol. The van der Waals surface area contributed by atoms with Crippen LogP contribution in [0, 0.1) is 5.92 Å². The van der Waals surface area contributed by atoms with Gasteiger partial charge < -0.3 is 25.4 Å². The minimum Gasteiger partial charge on any atom is -0.493 e. The predicted octanol–water partition coefficient (Wildman–Crippen LogP) is 0.970. The average Bonchev–Trinajstić information content (AvgIpc) is 2.61. The summed E-state index contributed by atoms with van der Waals surface area (Å²) in [6, 6.07) is 5.10. The summed E-state index contributed by atoms with van der Waals surface area (Å²) in [4.78, 5) is 23.7. The summed E-state index contributed by atoms with van der Waals surface area (Å²) in [5.41, 5.74) is 0.505. The van der Waals surface area contributed by atoms with E-state index in [2.05, 4.69) is 22.9 Å². The lowest BCUT2D eigenvalue weighted by molar-refractivity contribution is -0.122. The maximum Gasteiger partial charge on any atom is 0.257 e. The molecule has 1 aliphatic heterocycles. The number of nitrogens with one attached hydrogen (secondary N) is 3. The van der Waals surface area contributed by atoms with E-state index in [1.165, 1.54) is 14.2 Å². The van der Waals surface area contributed by atoms with Gasteiger partial charge in [-0.05, 0) is 43.6 Å². The van der Waals surface area contributed by atoms with Crippen LogP contribution in [-0.4, -0.2) is 51.7 Å². The number of ether oxygens (including phenoxy) is 2. The monoisotopic (exact) mass is 371 g/mol. The van der Waals surface area contributed by atoms with Crippen LogP contribution in [0.25, 0.3) is 0 Å². The molecule has 1 heterocycles. The van der Waals surface area contributed by atoms with E-state index in [9.17, 15) is 9.59 Å². The summed E-state index contributed by atoms with van der Waals surface area (Å²) in [6.07, 6.45) is 0.914. The molecule has 1 aromatic carbocycles. The number of hydrogen-bond donors (Lipinski definition) is 3. The normalized spacial score (nSPS) is 19.3. The van der Waals surface area contributed by atoms with Gasteiger partial charge in [0.2, 0.25) is 0 Å². The van der Waals surface area contributed by atoms with Crippen molar-refractivity contribution in [2.75, 3.05) is 33.9 Å². The number of carbonyl (C=O) groups excluding carboxylic acids is 2. The number of hydrogen-bond acceptors (Lipinski definition) is 5. The highest BCUT2D eigenvalue weighted by Gasteiger charge is 2.23. The number of benzene rings is 1. The zero-order valence-corrected chi connectivity index (χ0v) is 15.6. The first-order chi connectivity index (χ1) is 11.5. The Labute approximate surface area is 154 Å². The Morgan fingerprint density at radius 3 is 2.72 bits per heavy atom. The first-order valence-corrected chi connectivity index (χ1v) is 8.08. The quantitative estimate of drug-likeness (QED) is 0.693. The maximum atomic E-state index is 12.5. The van der Waals surface area contributed by atoms with Crippen LogP contribution in [0.1, 0.15) is 23.7 Å². The molecule has 0 radical (unpaired) electrons. The van der Waals surface area contributed by atoms with E-state index in [1.807, 2.05) is 0 Å². The number of piperidine rings is 1. The van der Waals surface area contributed by atoms with Gasteiger partial charge in [0.1, 0.15) is 0 Å².